The maximum Gasteiger partial charge on any atom is 0.0678 e. The van der Waals surface area contributed by atoms with E-state index in [4.69, 9.17) is 4.74 Å². The van der Waals surface area contributed by atoms with Crippen LogP contribution in [0.1, 0.15) is 13.8 Å². The van der Waals surface area contributed by atoms with Crippen molar-refractivity contribution in [3.63, 3.8) is 0 Å². The van der Waals surface area contributed by atoms with Crippen LogP contribution in [0.2, 0.25) is 0 Å². The van der Waals surface area contributed by atoms with Crippen LogP contribution in [-0.2, 0) is 4.74 Å². The minimum Gasteiger partial charge on any atom is -0.373 e. The molecule has 2 heterocycles. The number of rotatable bonds is 1. The number of nitrogens with one attached hydrogen (secondary N) is 1. The molecule has 2 aliphatic heterocycles. The van der Waals surface area contributed by atoms with E-state index in [1.807, 2.05) is 0 Å². The molecule has 0 bridgehead atoms. The first-order valence-corrected chi connectivity index (χ1v) is 4.86. The van der Waals surface area contributed by atoms with Gasteiger partial charge < -0.3 is 10.1 Å². The Bertz CT molecular complexity index is 149. The number of hydrogen-bond acceptors (Lipinski definition) is 3. The van der Waals surface area contributed by atoms with Crippen molar-refractivity contribution in [2.45, 2.75) is 32.1 Å². The standard InChI is InChI=1S/C9H18N2O/c1-7-5-11(6-8(2)12-7)9-3-10-4-9/h7-10H,3-6H2,1-2H3/t7-,8+. The summed E-state index contributed by atoms with van der Waals surface area (Å²) < 4.78 is 5.67. The van der Waals surface area contributed by atoms with Gasteiger partial charge in [0.1, 0.15) is 0 Å². The predicted octanol–water partition coefficient (Wildman–Crippen LogP) is 0.0674. The molecule has 0 aliphatic carbocycles. The Hall–Kier alpha value is -0.120. The first kappa shape index (κ1) is 8.48. The summed E-state index contributed by atoms with van der Waals surface area (Å²) in [6.45, 7) is 8.87. The average Bonchev–Trinajstić information content (AvgIpc) is 1.79. The molecule has 0 aromatic rings. The SMILES string of the molecule is C[C@@H]1CN(C2CNC2)C[C@H](C)O1. The first-order chi connectivity index (χ1) is 5.75. The van der Waals surface area contributed by atoms with Crippen molar-refractivity contribution in [2.24, 2.45) is 0 Å². The second-order valence-electron chi connectivity index (χ2n) is 4.02. The van der Waals surface area contributed by atoms with Crippen LogP contribution in [0.5, 0.6) is 0 Å². The Morgan fingerprint density at radius 2 is 1.75 bits per heavy atom. The Labute approximate surface area is 74.1 Å². The summed E-state index contributed by atoms with van der Waals surface area (Å²) in [5, 5.41) is 3.31. The highest BCUT2D eigenvalue weighted by molar-refractivity contribution is 4.88. The minimum absolute atomic E-state index is 0.411. The molecule has 0 amide bonds. The third-order valence-corrected chi connectivity index (χ3v) is 2.72. The van der Waals surface area contributed by atoms with E-state index >= 15 is 0 Å². The molecule has 2 atom stereocenters. The summed E-state index contributed by atoms with van der Waals surface area (Å²) in [4.78, 5) is 2.55. The smallest absolute Gasteiger partial charge is 0.0678 e. The van der Waals surface area contributed by atoms with Crippen LogP contribution in [0.15, 0.2) is 0 Å². The largest absolute Gasteiger partial charge is 0.373 e. The van der Waals surface area contributed by atoms with Gasteiger partial charge in [-0.2, -0.15) is 0 Å². The Morgan fingerprint density at radius 3 is 2.17 bits per heavy atom. The molecule has 0 unspecified atom stereocenters. The van der Waals surface area contributed by atoms with Crippen molar-refractivity contribution in [3.05, 3.63) is 0 Å². The van der Waals surface area contributed by atoms with Crippen LogP contribution in [0.25, 0.3) is 0 Å². The molecule has 2 fully saturated rings. The van der Waals surface area contributed by atoms with E-state index in [1.165, 1.54) is 13.1 Å². The van der Waals surface area contributed by atoms with Crippen molar-refractivity contribution < 1.29 is 4.74 Å². The lowest BCUT2D eigenvalue weighted by Gasteiger charge is -2.44. The van der Waals surface area contributed by atoms with Crippen LogP contribution in [0.3, 0.4) is 0 Å². The topological polar surface area (TPSA) is 24.5 Å². The molecule has 12 heavy (non-hydrogen) atoms. The zero-order chi connectivity index (χ0) is 8.55. The monoisotopic (exact) mass is 170 g/mol. The summed E-state index contributed by atoms with van der Waals surface area (Å²) in [7, 11) is 0. The summed E-state index contributed by atoms with van der Waals surface area (Å²) in [6.07, 6.45) is 0.823. The number of nitrogens with zero attached hydrogens (tertiary/aromatic N) is 1. The lowest BCUT2D eigenvalue weighted by molar-refractivity contribution is -0.0857. The fourth-order valence-corrected chi connectivity index (χ4v) is 2.05. The molecule has 0 spiro atoms. The predicted molar refractivity (Wildman–Crippen MR) is 48.2 cm³/mol. The van der Waals surface area contributed by atoms with Crippen LogP contribution >= 0.6 is 0 Å². The minimum atomic E-state index is 0.411. The van der Waals surface area contributed by atoms with Crippen LogP contribution in [0, 0.1) is 0 Å². The zero-order valence-corrected chi connectivity index (χ0v) is 7.92. The van der Waals surface area contributed by atoms with Gasteiger partial charge in [-0.3, -0.25) is 4.90 Å². The summed E-state index contributed by atoms with van der Waals surface area (Å²) in [5.74, 6) is 0. The second-order valence-corrected chi connectivity index (χ2v) is 4.02. The molecule has 0 aromatic carbocycles. The van der Waals surface area contributed by atoms with Crippen LogP contribution < -0.4 is 5.32 Å². The van der Waals surface area contributed by atoms with Gasteiger partial charge in [-0.1, -0.05) is 0 Å². The van der Waals surface area contributed by atoms with Gasteiger partial charge in [-0.15, -0.1) is 0 Å². The molecule has 70 valence electrons. The molecule has 3 nitrogen and oxygen atoms in total. The summed E-state index contributed by atoms with van der Waals surface area (Å²) >= 11 is 0. The number of ether oxygens (including phenoxy) is 1. The third-order valence-electron chi connectivity index (χ3n) is 2.72. The van der Waals surface area contributed by atoms with Crippen molar-refractivity contribution in [3.8, 4) is 0 Å². The van der Waals surface area contributed by atoms with E-state index < -0.39 is 0 Å². The molecular weight excluding hydrogens is 152 g/mol. The van der Waals surface area contributed by atoms with Gasteiger partial charge in [0, 0.05) is 32.2 Å². The fraction of sp³-hybridized carbons (Fsp3) is 1.00. The molecule has 0 saturated carbocycles. The van der Waals surface area contributed by atoms with Crippen LogP contribution in [0.4, 0.5) is 0 Å². The highest BCUT2D eigenvalue weighted by Crippen LogP contribution is 2.15. The Morgan fingerprint density at radius 1 is 1.17 bits per heavy atom. The molecule has 2 aliphatic rings. The molecule has 2 rings (SSSR count). The highest BCUT2D eigenvalue weighted by Gasteiger charge is 2.30. The quantitative estimate of drug-likeness (QED) is 0.602. The maximum atomic E-state index is 5.67. The molecule has 2 saturated heterocycles. The molecule has 3 heteroatoms. The van der Waals surface area contributed by atoms with Gasteiger partial charge in [0.15, 0.2) is 0 Å². The normalized spacial score (nSPS) is 39.5. The van der Waals surface area contributed by atoms with Crippen molar-refractivity contribution in [2.75, 3.05) is 26.2 Å². The summed E-state index contributed by atoms with van der Waals surface area (Å²) in [6, 6.07) is 0.777. The van der Waals surface area contributed by atoms with E-state index in [0.717, 1.165) is 19.1 Å². The molecule has 0 radical (unpaired) electrons. The number of hydrogen-bond donors (Lipinski definition) is 1. The van der Waals surface area contributed by atoms with Crippen molar-refractivity contribution in [1.82, 2.24) is 10.2 Å². The van der Waals surface area contributed by atoms with E-state index in [2.05, 4.69) is 24.1 Å². The van der Waals surface area contributed by atoms with Crippen molar-refractivity contribution in [1.29, 1.82) is 0 Å². The lowest BCUT2D eigenvalue weighted by atomic mass is 10.1. The van der Waals surface area contributed by atoms with E-state index in [0.29, 0.717) is 12.2 Å². The molecular formula is C9H18N2O. The van der Waals surface area contributed by atoms with Crippen LogP contribution in [-0.4, -0.2) is 49.3 Å². The fourth-order valence-electron chi connectivity index (χ4n) is 2.05. The second kappa shape index (κ2) is 3.32. The number of morpholine rings is 1. The lowest BCUT2D eigenvalue weighted by Crippen LogP contribution is -2.61. The summed E-state index contributed by atoms with van der Waals surface area (Å²) in [5.41, 5.74) is 0. The van der Waals surface area contributed by atoms with Crippen molar-refractivity contribution >= 4 is 0 Å². The van der Waals surface area contributed by atoms with Gasteiger partial charge in [0.05, 0.1) is 12.2 Å². The van der Waals surface area contributed by atoms with E-state index in [1.54, 1.807) is 0 Å². The third kappa shape index (κ3) is 1.63. The van der Waals surface area contributed by atoms with Gasteiger partial charge >= 0.3 is 0 Å². The maximum absolute atomic E-state index is 5.67. The van der Waals surface area contributed by atoms with E-state index in [-0.39, 0.29) is 0 Å². The average molecular weight is 170 g/mol. The van der Waals surface area contributed by atoms with Gasteiger partial charge in [0.25, 0.3) is 0 Å². The molecule has 1 N–H and O–H groups in total. The zero-order valence-electron chi connectivity index (χ0n) is 7.92. The van der Waals surface area contributed by atoms with Gasteiger partial charge in [-0.05, 0) is 13.8 Å². The highest BCUT2D eigenvalue weighted by atomic mass is 16.5. The van der Waals surface area contributed by atoms with Gasteiger partial charge in [-0.25, -0.2) is 0 Å². The Balaban J connectivity index is 1.87. The Kier molecular flexibility index (Phi) is 2.35. The first-order valence-electron chi connectivity index (χ1n) is 4.86. The van der Waals surface area contributed by atoms with Gasteiger partial charge in [0.2, 0.25) is 0 Å². The molecule has 0 aromatic heterocycles. The van der Waals surface area contributed by atoms with E-state index in [9.17, 15) is 0 Å².